The normalized spacial score (nSPS) is 18.2. The summed E-state index contributed by atoms with van der Waals surface area (Å²) < 4.78 is 40.2. The maximum absolute atomic E-state index is 13.4. The fraction of sp³-hybridized carbons (Fsp3) is 0.273. The number of halogens is 3. The summed E-state index contributed by atoms with van der Waals surface area (Å²) in [6.45, 7) is 0. The Balaban J connectivity index is 2.62. The van der Waals surface area contributed by atoms with E-state index in [2.05, 4.69) is 10.3 Å². The fourth-order valence-corrected chi connectivity index (χ4v) is 3.16. The molecule has 1 atom stereocenters. The Hall–Kier alpha value is -2.54. The molecular weight excluding hydrogens is 353 g/mol. The smallest absolute Gasteiger partial charge is 0.378 e. The summed E-state index contributed by atoms with van der Waals surface area (Å²) in [4.78, 5) is 24.9. The Morgan fingerprint density at radius 1 is 1.50 bits per heavy atom. The van der Waals surface area contributed by atoms with Crippen molar-refractivity contribution < 1.29 is 22.9 Å². The average molecular weight is 364 g/mol. The number of allylic oxidation sites excluding steroid dienone is 1. The van der Waals surface area contributed by atoms with Crippen LogP contribution in [0.2, 0.25) is 0 Å². The van der Waals surface area contributed by atoms with Gasteiger partial charge in [-0.3, -0.25) is 25.1 Å². The highest BCUT2D eigenvalue weighted by Gasteiger charge is 2.49. The Morgan fingerprint density at radius 2 is 2.12 bits per heavy atom. The van der Waals surface area contributed by atoms with E-state index in [4.69, 9.17) is 11.5 Å². The lowest BCUT2D eigenvalue weighted by Gasteiger charge is -2.28. The van der Waals surface area contributed by atoms with Crippen LogP contribution in [-0.2, 0) is 4.79 Å². The number of nitrogens with two attached hydrogens (primary N) is 2. The first-order valence-electron chi connectivity index (χ1n) is 6.23. The van der Waals surface area contributed by atoms with Crippen LogP contribution in [0, 0.1) is 10.1 Å². The molecule has 9 nitrogen and oxygen atoms in total. The van der Waals surface area contributed by atoms with Crippen molar-refractivity contribution in [1.29, 1.82) is 0 Å². The highest BCUT2D eigenvalue weighted by Crippen LogP contribution is 2.46. The third-order valence-corrected chi connectivity index (χ3v) is 4.29. The molecule has 130 valence electrons. The van der Waals surface area contributed by atoms with E-state index in [0.29, 0.717) is 16.7 Å². The zero-order valence-electron chi connectivity index (χ0n) is 12.0. The molecule has 2 rings (SSSR count). The zero-order chi connectivity index (χ0) is 18.2. The Morgan fingerprint density at radius 3 is 2.54 bits per heavy atom. The summed E-state index contributed by atoms with van der Waals surface area (Å²) >= 11 is 0.558. The second-order valence-corrected chi connectivity index (χ2v) is 5.59. The van der Waals surface area contributed by atoms with Crippen molar-refractivity contribution in [1.82, 2.24) is 10.3 Å². The summed E-state index contributed by atoms with van der Waals surface area (Å²) in [5.74, 6) is -2.11. The van der Waals surface area contributed by atoms with Gasteiger partial charge in [0.2, 0.25) is 5.82 Å². The van der Waals surface area contributed by atoms with E-state index in [1.807, 2.05) is 0 Å². The molecule has 1 aromatic rings. The predicted octanol–water partition coefficient (Wildman–Crippen LogP) is 0.887. The lowest BCUT2D eigenvalue weighted by molar-refractivity contribution is -0.384. The number of nitrogens with one attached hydrogen (secondary N) is 1. The minimum absolute atomic E-state index is 0.312. The van der Waals surface area contributed by atoms with Crippen LogP contribution in [0.3, 0.4) is 0 Å². The zero-order valence-corrected chi connectivity index (χ0v) is 12.8. The van der Waals surface area contributed by atoms with Crippen molar-refractivity contribution in [2.45, 2.75) is 11.7 Å². The number of carbonyl (C=O) groups is 1. The van der Waals surface area contributed by atoms with Crippen LogP contribution >= 0.6 is 11.8 Å². The Kier molecular flexibility index (Phi) is 4.57. The molecule has 0 fully saturated rings. The van der Waals surface area contributed by atoms with Gasteiger partial charge in [-0.2, -0.15) is 13.2 Å². The number of thioether (sulfide) groups is 1. The Bertz CT molecular complexity index is 738. The van der Waals surface area contributed by atoms with Gasteiger partial charge in [0.15, 0.2) is 0 Å². The number of anilines is 2. The number of alkyl halides is 3. The molecule has 1 amide bonds. The largest absolute Gasteiger partial charge is 0.432 e. The summed E-state index contributed by atoms with van der Waals surface area (Å²) in [6, 6.07) is 1.94. The summed E-state index contributed by atoms with van der Waals surface area (Å²) in [5, 5.41) is 13.3. The van der Waals surface area contributed by atoms with Gasteiger partial charge >= 0.3 is 11.9 Å². The van der Waals surface area contributed by atoms with E-state index in [-0.39, 0.29) is 5.82 Å². The molecule has 0 bridgehead atoms. The maximum Gasteiger partial charge on any atom is 0.432 e. The third kappa shape index (κ3) is 3.07. The van der Waals surface area contributed by atoms with Crippen LogP contribution < -0.4 is 21.7 Å². The van der Waals surface area contributed by atoms with Gasteiger partial charge in [0.1, 0.15) is 21.9 Å². The highest BCUT2D eigenvalue weighted by atomic mass is 32.2. The maximum atomic E-state index is 13.4. The van der Waals surface area contributed by atoms with Crippen LogP contribution in [0.25, 0.3) is 0 Å². The van der Waals surface area contributed by atoms with E-state index in [0.717, 1.165) is 12.1 Å². The van der Waals surface area contributed by atoms with Gasteiger partial charge in [-0.1, -0.05) is 11.8 Å². The first-order valence-corrected chi connectivity index (χ1v) is 7.11. The van der Waals surface area contributed by atoms with Gasteiger partial charge in [0.25, 0.3) is 5.91 Å². The molecule has 2 heterocycles. The van der Waals surface area contributed by atoms with Crippen LogP contribution in [0.1, 0.15) is 0 Å². The SMILES string of the molecule is CNC1SC(C(N)=O)=C(C(F)(F)F)N1c1ccc([N+](=O)[O-])c(N)n1. The minimum Gasteiger partial charge on any atom is -0.378 e. The highest BCUT2D eigenvalue weighted by molar-refractivity contribution is 8.05. The quantitative estimate of drug-likeness (QED) is 0.528. The molecular formula is C11H11F3N6O3S. The molecule has 1 aromatic heterocycles. The van der Waals surface area contributed by atoms with E-state index in [1.54, 1.807) is 0 Å². The predicted molar refractivity (Wildman–Crippen MR) is 80.5 cm³/mol. The van der Waals surface area contributed by atoms with Gasteiger partial charge in [-0.25, -0.2) is 4.98 Å². The first-order chi connectivity index (χ1) is 11.1. The molecule has 0 saturated heterocycles. The minimum atomic E-state index is -4.90. The first kappa shape index (κ1) is 17.8. The molecule has 1 unspecified atom stereocenters. The molecule has 1 aliphatic rings. The lowest BCUT2D eigenvalue weighted by Crippen LogP contribution is -2.42. The number of hydrogen-bond acceptors (Lipinski definition) is 8. The number of carbonyl (C=O) groups excluding carboxylic acids is 1. The number of rotatable bonds is 4. The molecule has 0 spiro atoms. The van der Waals surface area contributed by atoms with Crippen molar-refractivity contribution in [2.24, 2.45) is 5.73 Å². The van der Waals surface area contributed by atoms with Crippen molar-refractivity contribution in [2.75, 3.05) is 17.7 Å². The number of nitrogen functional groups attached to an aromatic ring is 1. The van der Waals surface area contributed by atoms with Crippen LogP contribution in [-0.4, -0.2) is 34.5 Å². The average Bonchev–Trinajstić information content (AvgIpc) is 2.86. The number of amides is 1. The fourth-order valence-electron chi connectivity index (χ4n) is 2.05. The van der Waals surface area contributed by atoms with Crippen molar-refractivity contribution in [3.63, 3.8) is 0 Å². The van der Waals surface area contributed by atoms with E-state index < -0.39 is 44.6 Å². The van der Waals surface area contributed by atoms with E-state index in [9.17, 15) is 28.1 Å². The Labute approximate surface area is 137 Å². The lowest BCUT2D eigenvalue weighted by atomic mass is 10.3. The molecule has 0 saturated carbocycles. The van der Waals surface area contributed by atoms with Gasteiger partial charge < -0.3 is 11.5 Å². The van der Waals surface area contributed by atoms with Gasteiger partial charge in [0.05, 0.1) is 4.92 Å². The molecule has 0 radical (unpaired) electrons. The van der Waals surface area contributed by atoms with E-state index in [1.165, 1.54) is 7.05 Å². The summed E-state index contributed by atoms with van der Waals surface area (Å²) in [6.07, 6.45) is -4.90. The summed E-state index contributed by atoms with van der Waals surface area (Å²) in [7, 11) is 1.37. The summed E-state index contributed by atoms with van der Waals surface area (Å²) in [5.41, 5.74) is 7.57. The molecule has 0 aliphatic carbocycles. The van der Waals surface area contributed by atoms with E-state index >= 15 is 0 Å². The molecule has 1 aliphatic heterocycles. The second-order valence-electron chi connectivity index (χ2n) is 4.50. The van der Waals surface area contributed by atoms with Crippen LogP contribution in [0.5, 0.6) is 0 Å². The number of nitro groups is 1. The standard InChI is InChI=1S/C11H11F3N6O3S/c1-17-10-19(5-3-2-4(20(22)23)8(15)18-5)7(11(12,13)14)6(24-10)9(16)21/h2-3,10,17H,1H3,(H2,15,18)(H2,16,21). The van der Waals surface area contributed by atoms with Gasteiger partial charge in [-0.15, -0.1) is 0 Å². The number of hydrogen-bond donors (Lipinski definition) is 3. The van der Waals surface area contributed by atoms with Crippen LogP contribution in [0.15, 0.2) is 22.7 Å². The third-order valence-electron chi connectivity index (χ3n) is 2.99. The number of aromatic nitrogens is 1. The van der Waals surface area contributed by atoms with Gasteiger partial charge in [-0.05, 0) is 13.1 Å². The van der Waals surface area contributed by atoms with Crippen molar-refractivity contribution in [3.05, 3.63) is 32.8 Å². The van der Waals surface area contributed by atoms with Gasteiger partial charge in [0, 0.05) is 6.07 Å². The molecule has 0 aromatic carbocycles. The number of primary amides is 1. The number of pyridine rings is 1. The monoisotopic (exact) mass is 364 g/mol. The van der Waals surface area contributed by atoms with Crippen LogP contribution in [0.4, 0.5) is 30.5 Å². The van der Waals surface area contributed by atoms with Crippen molar-refractivity contribution >= 4 is 35.0 Å². The molecule has 5 N–H and O–H groups in total. The molecule has 24 heavy (non-hydrogen) atoms. The second kappa shape index (κ2) is 6.16. The number of nitrogens with zero attached hydrogens (tertiary/aromatic N) is 3. The molecule has 13 heteroatoms. The topological polar surface area (TPSA) is 140 Å². The van der Waals surface area contributed by atoms with Crippen molar-refractivity contribution in [3.8, 4) is 0 Å².